The zero-order chi connectivity index (χ0) is 14.9. The summed E-state index contributed by atoms with van der Waals surface area (Å²) < 4.78 is 1.06. The van der Waals surface area contributed by atoms with Gasteiger partial charge in [0.2, 0.25) is 5.91 Å². The summed E-state index contributed by atoms with van der Waals surface area (Å²) >= 11 is 0. The zero-order valence-corrected chi connectivity index (χ0v) is 10.2. The molecule has 0 radical (unpaired) electrons. The Bertz CT molecular complexity index is 556. The fraction of sp³-hybridized carbons (Fsp3) is 0.500. The summed E-state index contributed by atoms with van der Waals surface area (Å²) in [6, 6.07) is 0.0592. The van der Waals surface area contributed by atoms with Crippen LogP contribution in [-0.4, -0.2) is 60.4 Å². The van der Waals surface area contributed by atoms with Gasteiger partial charge >= 0.3 is 11.8 Å². The lowest BCUT2D eigenvalue weighted by atomic mass is 10.2. The molecular formula is C10H12N4O6. The predicted octanol–water partition coefficient (Wildman–Crippen LogP) is -1.16. The van der Waals surface area contributed by atoms with Crippen molar-refractivity contribution >= 4 is 17.7 Å². The fourth-order valence-electron chi connectivity index (χ4n) is 2.09. The number of carboxylic acid groups (broad SMARTS) is 1. The topological polar surface area (TPSA) is 139 Å². The summed E-state index contributed by atoms with van der Waals surface area (Å²) in [6.45, 7) is -0.385. The second-order valence-corrected chi connectivity index (χ2v) is 4.42. The standard InChI is InChI=1S/C10H12N4O6/c15-6-3-7(10(17)18)13(4-6)9(16)5-12-2-1-8(11-12)14(19)20/h1-2,6-7,15H,3-5H2,(H,17,18)/t6-,7+/m1/s1. The van der Waals surface area contributed by atoms with Crippen molar-refractivity contribution < 1.29 is 24.7 Å². The van der Waals surface area contributed by atoms with Gasteiger partial charge in [-0.05, 0) is 4.92 Å². The molecule has 20 heavy (non-hydrogen) atoms. The number of aliphatic carboxylic acids is 1. The van der Waals surface area contributed by atoms with Crippen molar-refractivity contribution in [1.29, 1.82) is 0 Å². The summed E-state index contributed by atoms with van der Waals surface area (Å²) in [5.41, 5.74) is 0. The molecule has 2 N–H and O–H groups in total. The highest BCUT2D eigenvalue weighted by Crippen LogP contribution is 2.19. The molecule has 0 bridgehead atoms. The second-order valence-electron chi connectivity index (χ2n) is 4.42. The molecule has 1 aliphatic heterocycles. The molecule has 0 aliphatic carbocycles. The number of carboxylic acids is 1. The van der Waals surface area contributed by atoms with Gasteiger partial charge in [-0.1, -0.05) is 0 Å². The Morgan fingerprint density at radius 3 is 2.80 bits per heavy atom. The van der Waals surface area contributed by atoms with Crippen molar-refractivity contribution in [3.05, 3.63) is 22.4 Å². The Labute approximate surface area is 112 Å². The Morgan fingerprint density at radius 1 is 1.55 bits per heavy atom. The number of nitrogens with zero attached hydrogens (tertiary/aromatic N) is 4. The molecule has 0 aromatic carbocycles. The lowest BCUT2D eigenvalue weighted by Crippen LogP contribution is -2.42. The number of carbonyl (C=O) groups is 2. The van der Waals surface area contributed by atoms with Crippen molar-refractivity contribution in [2.45, 2.75) is 25.1 Å². The molecule has 10 nitrogen and oxygen atoms in total. The Morgan fingerprint density at radius 2 is 2.25 bits per heavy atom. The number of carbonyl (C=O) groups excluding carboxylic acids is 1. The zero-order valence-electron chi connectivity index (χ0n) is 10.2. The van der Waals surface area contributed by atoms with Crippen LogP contribution in [0.1, 0.15) is 6.42 Å². The lowest BCUT2D eigenvalue weighted by molar-refractivity contribution is -0.389. The van der Waals surface area contributed by atoms with E-state index in [1.165, 1.54) is 6.20 Å². The van der Waals surface area contributed by atoms with E-state index in [4.69, 9.17) is 5.11 Å². The molecule has 10 heteroatoms. The third kappa shape index (κ3) is 2.74. The molecule has 2 rings (SSSR count). The van der Waals surface area contributed by atoms with Gasteiger partial charge in [-0.25, -0.2) is 4.79 Å². The number of aliphatic hydroxyl groups is 1. The normalized spacial score (nSPS) is 21.9. The van der Waals surface area contributed by atoms with Gasteiger partial charge < -0.3 is 25.2 Å². The van der Waals surface area contributed by atoms with Gasteiger partial charge in [0.25, 0.3) is 0 Å². The summed E-state index contributed by atoms with van der Waals surface area (Å²) in [6.07, 6.45) is 0.352. The molecule has 2 atom stereocenters. The number of β-amino-alcohol motifs (C(OH)–C–C–N with tert-alkyl or cyclic N) is 1. The van der Waals surface area contributed by atoms with Gasteiger partial charge in [0.05, 0.1) is 23.5 Å². The molecule has 1 fully saturated rings. The maximum atomic E-state index is 12.0. The average Bonchev–Trinajstić information content (AvgIpc) is 2.95. The van der Waals surface area contributed by atoms with Crippen LogP contribution in [0, 0.1) is 10.1 Å². The van der Waals surface area contributed by atoms with E-state index in [2.05, 4.69) is 5.10 Å². The number of likely N-dealkylation sites (tertiary alicyclic amines) is 1. The predicted molar refractivity (Wildman–Crippen MR) is 62.6 cm³/mol. The number of aromatic nitrogens is 2. The Kier molecular flexibility index (Phi) is 3.66. The first kappa shape index (κ1) is 13.9. The smallest absolute Gasteiger partial charge is 0.389 e. The SMILES string of the molecule is O=C(O)[C@@H]1C[C@@H](O)CN1C(=O)Cn1ccc([N+](=O)[O-])n1. The van der Waals surface area contributed by atoms with Gasteiger partial charge in [0.1, 0.15) is 12.6 Å². The first-order valence-electron chi connectivity index (χ1n) is 5.76. The summed E-state index contributed by atoms with van der Waals surface area (Å²) in [5, 5.41) is 32.5. The number of hydrogen-bond acceptors (Lipinski definition) is 6. The molecule has 1 aromatic heterocycles. The number of rotatable bonds is 4. The molecular weight excluding hydrogens is 272 g/mol. The van der Waals surface area contributed by atoms with Crippen LogP contribution in [0.4, 0.5) is 5.82 Å². The molecule has 2 heterocycles. The number of nitro groups is 1. The van der Waals surface area contributed by atoms with Crippen LogP contribution in [-0.2, 0) is 16.1 Å². The maximum Gasteiger partial charge on any atom is 0.389 e. The van der Waals surface area contributed by atoms with Crippen LogP contribution in [0.15, 0.2) is 12.3 Å². The van der Waals surface area contributed by atoms with Crippen LogP contribution in [0.3, 0.4) is 0 Å². The molecule has 1 saturated heterocycles. The van der Waals surface area contributed by atoms with Crippen molar-refractivity contribution in [1.82, 2.24) is 14.7 Å². The highest BCUT2D eigenvalue weighted by Gasteiger charge is 2.39. The molecule has 0 unspecified atom stereocenters. The monoisotopic (exact) mass is 284 g/mol. The van der Waals surface area contributed by atoms with Crippen molar-refractivity contribution in [2.24, 2.45) is 0 Å². The van der Waals surface area contributed by atoms with Crippen LogP contribution in [0.25, 0.3) is 0 Å². The van der Waals surface area contributed by atoms with E-state index in [0.717, 1.165) is 15.6 Å². The summed E-state index contributed by atoms with van der Waals surface area (Å²) in [4.78, 5) is 33.8. The van der Waals surface area contributed by atoms with Gasteiger partial charge in [-0.2, -0.15) is 4.68 Å². The van der Waals surface area contributed by atoms with Gasteiger partial charge in [0, 0.05) is 13.0 Å². The third-order valence-corrected chi connectivity index (χ3v) is 3.00. The van der Waals surface area contributed by atoms with E-state index in [1.54, 1.807) is 0 Å². The molecule has 0 saturated carbocycles. The van der Waals surface area contributed by atoms with Gasteiger partial charge in [-0.15, -0.1) is 0 Å². The maximum absolute atomic E-state index is 12.0. The minimum absolute atomic E-state index is 0.0275. The van der Waals surface area contributed by atoms with Crippen LogP contribution >= 0.6 is 0 Å². The highest BCUT2D eigenvalue weighted by atomic mass is 16.6. The van der Waals surface area contributed by atoms with E-state index in [9.17, 15) is 24.8 Å². The van der Waals surface area contributed by atoms with E-state index >= 15 is 0 Å². The van der Waals surface area contributed by atoms with Crippen LogP contribution < -0.4 is 0 Å². The van der Waals surface area contributed by atoms with Crippen molar-refractivity contribution in [3.63, 3.8) is 0 Å². The van der Waals surface area contributed by atoms with E-state index < -0.39 is 34.8 Å². The van der Waals surface area contributed by atoms with Crippen molar-refractivity contribution in [2.75, 3.05) is 6.54 Å². The van der Waals surface area contributed by atoms with Crippen LogP contribution in [0.5, 0.6) is 0 Å². The minimum atomic E-state index is -1.19. The largest absolute Gasteiger partial charge is 0.480 e. The van der Waals surface area contributed by atoms with Gasteiger partial charge in [-0.3, -0.25) is 4.79 Å². The van der Waals surface area contributed by atoms with E-state index in [1.807, 2.05) is 0 Å². The molecule has 1 aliphatic rings. The first-order chi connectivity index (χ1) is 9.38. The van der Waals surface area contributed by atoms with Crippen LogP contribution in [0.2, 0.25) is 0 Å². The summed E-state index contributed by atoms with van der Waals surface area (Å²) in [5.74, 6) is -2.15. The average molecular weight is 284 g/mol. The Balaban J connectivity index is 2.07. The fourth-order valence-corrected chi connectivity index (χ4v) is 2.09. The molecule has 1 aromatic rings. The highest BCUT2D eigenvalue weighted by molar-refractivity contribution is 5.84. The minimum Gasteiger partial charge on any atom is -0.480 e. The van der Waals surface area contributed by atoms with E-state index in [-0.39, 0.29) is 19.5 Å². The molecule has 108 valence electrons. The number of aliphatic hydroxyl groups excluding tert-OH is 1. The first-order valence-corrected chi connectivity index (χ1v) is 5.76. The quantitative estimate of drug-likeness (QED) is 0.525. The lowest BCUT2D eigenvalue weighted by Gasteiger charge is -2.20. The third-order valence-electron chi connectivity index (χ3n) is 3.00. The van der Waals surface area contributed by atoms with Gasteiger partial charge in [0.15, 0.2) is 0 Å². The van der Waals surface area contributed by atoms with E-state index in [0.29, 0.717) is 0 Å². The summed E-state index contributed by atoms with van der Waals surface area (Å²) in [7, 11) is 0. The molecule has 0 spiro atoms. The van der Waals surface area contributed by atoms with Crippen molar-refractivity contribution in [3.8, 4) is 0 Å². The number of amides is 1. The Hall–Kier alpha value is -2.49. The second kappa shape index (κ2) is 5.25. The number of hydrogen-bond donors (Lipinski definition) is 2. The molecule has 1 amide bonds.